The molecule has 29 heavy (non-hydrogen) atoms. The third-order valence-electron chi connectivity index (χ3n) is 5.74. The van der Waals surface area contributed by atoms with E-state index in [-0.39, 0.29) is 18.0 Å². The van der Waals surface area contributed by atoms with Crippen LogP contribution in [-0.4, -0.2) is 5.97 Å². The first-order valence-electron chi connectivity index (χ1n) is 11.3. The van der Waals surface area contributed by atoms with Crippen LogP contribution in [0.2, 0.25) is 0 Å². The van der Waals surface area contributed by atoms with Gasteiger partial charge in [-0.1, -0.05) is 82.7 Å². The highest BCUT2D eigenvalue weighted by molar-refractivity contribution is 5.79. The smallest absolute Gasteiger partial charge is 0.313 e. The van der Waals surface area contributed by atoms with Gasteiger partial charge in [0.25, 0.3) is 0 Å². The summed E-state index contributed by atoms with van der Waals surface area (Å²) in [4.78, 5) is 12.3. The molecule has 0 aliphatic carbocycles. The van der Waals surface area contributed by atoms with Gasteiger partial charge in [0.05, 0.1) is 5.92 Å². The molecule has 1 heterocycles. The van der Waals surface area contributed by atoms with Crippen LogP contribution in [0.25, 0.3) is 0 Å². The third kappa shape index (κ3) is 5.62. The molecule has 1 aliphatic heterocycles. The Morgan fingerprint density at radius 2 is 1.62 bits per heavy atom. The Morgan fingerprint density at radius 1 is 0.862 bits per heavy atom. The molecule has 0 aromatic heterocycles. The molecule has 3 nitrogen and oxygen atoms in total. The lowest BCUT2D eigenvalue weighted by atomic mass is 9.83. The standard InChI is InChI=1S/C26H34O3/c1-3-5-7-12-18-22-25(29-26(22)27)24-20(14-9-6-4-2)15-13-19-23(24)28-21-16-10-8-11-17-21/h8,10-11,13,15-17,19,22,25H,3-7,9,12,14,18H2,1-2H3/t22-,25+/m1/s1. The number of aryl methyl sites for hydroxylation is 1. The maximum absolute atomic E-state index is 12.3. The Bertz CT molecular complexity index is 769. The summed E-state index contributed by atoms with van der Waals surface area (Å²) in [5, 5.41) is 0. The van der Waals surface area contributed by atoms with E-state index in [1.807, 2.05) is 36.4 Å². The maximum atomic E-state index is 12.3. The summed E-state index contributed by atoms with van der Waals surface area (Å²) in [5.41, 5.74) is 2.33. The molecule has 1 aliphatic rings. The zero-order chi connectivity index (χ0) is 20.5. The number of unbranched alkanes of at least 4 members (excludes halogenated alkanes) is 5. The molecule has 2 aromatic carbocycles. The predicted molar refractivity (Wildman–Crippen MR) is 117 cm³/mol. The summed E-state index contributed by atoms with van der Waals surface area (Å²) in [6.07, 6.45) is 9.93. The SMILES string of the molecule is CCCCCC[C@H]1C(=O)O[C@@H]1c1c(CCCCC)cccc1Oc1ccccc1. The van der Waals surface area contributed by atoms with Gasteiger partial charge in [0, 0.05) is 5.56 Å². The fourth-order valence-electron chi connectivity index (χ4n) is 4.07. The van der Waals surface area contributed by atoms with Crippen LogP contribution in [0.15, 0.2) is 48.5 Å². The third-order valence-corrected chi connectivity index (χ3v) is 5.74. The van der Waals surface area contributed by atoms with Crippen molar-refractivity contribution in [3.8, 4) is 11.5 Å². The molecule has 2 atom stereocenters. The molecule has 0 spiro atoms. The predicted octanol–water partition coefficient (Wildman–Crippen LogP) is 7.40. The Morgan fingerprint density at radius 3 is 2.34 bits per heavy atom. The van der Waals surface area contributed by atoms with E-state index in [0.717, 1.165) is 42.7 Å². The molecule has 0 saturated carbocycles. The number of cyclic esters (lactones) is 1. The van der Waals surface area contributed by atoms with E-state index >= 15 is 0 Å². The van der Waals surface area contributed by atoms with Crippen LogP contribution in [0.3, 0.4) is 0 Å². The molecule has 156 valence electrons. The lowest BCUT2D eigenvalue weighted by Gasteiger charge is -2.37. The summed E-state index contributed by atoms with van der Waals surface area (Å²) in [6, 6.07) is 16.1. The van der Waals surface area contributed by atoms with Crippen LogP contribution in [0.5, 0.6) is 11.5 Å². The zero-order valence-electron chi connectivity index (χ0n) is 17.9. The van der Waals surface area contributed by atoms with Crippen molar-refractivity contribution in [2.45, 2.75) is 77.7 Å². The van der Waals surface area contributed by atoms with Gasteiger partial charge in [-0.3, -0.25) is 4.79 Å². The van der Waals surface area contributed by atoms with E-state index in [1.54, 1.807) is 0 Å². The highest BCUT2D eigenvalue weighted by Gasteiger charge is 2.45. The monoisotopic (exact) mass is 394 g/mol. The normalized spacial score (nSPS) is 18.2. The average Bonchev–Trinajstić information content (AvgIpc) is 2.73. The van der Waals surface area contributed by atoms with E-state index in [4.69, 9.17) is 9.47 Å². The number of hydrogen-bond donors (Lipinski definition) is 0. The molecular formula is C26H34O3. The molecule has 0 amide bonds. The molecule has 1 fully saturated rings. The van der Waals surface area contributed by atoms with Gasteiger partial charge in [-0.15, -0.1) is 0 Å². The van der Waals surface area contributed by atoms with Crippen LogP contribution in [-0.2, 0) is 16.0 Å². The second-order valence-electron chi connectivity index (χ2n) is 8.01. The summed E-state index contributed by atoms with van der Waals surface area (Å²) < 4.78 is 11.9. The number of benzene rings is 2. The fourth-order valence-corrected chi connectivity index (χ4v) is 4.07. The van der Waals surface area contributed by atoms with Gasteiger partial charge in [-0.2, -0.15) is 0 Å². The molecular weight excluding hydrogens is 360 g/mol. The molecule has 2 aromatic rings. The highest BCUT2D eigenvalue weighted by Crippen LogP contribution is 2.46. The minimum Gasteiger partial charge on any atom is -0.457 e. The first-order valence-corrected chi connectivity index (χ1v) is 11.3. The molecule has 0 radical (unpaired) electrons. The Kier molecular flexibility index (Phi) is 8.15. The van der Waals surface area contributed by atoms with Crippen LogP contribution >= 0.6 is 0 Å². The number of carbonyl (C=O) groups excluding carboxylic acids is 1. The second-order valence-corrected chi connectivity index (χ2v) is 8.01. The van der Waals surface area contributed by atoms with E-state index in [2.05, 4.69) is 26.0 Å². The van der Waals surface area contributed by atoms with Crippen molar-refractivity contribution in [3.63, 3.8) is 0 Å². The molecule has 0 unspecified atom stereocenters. The van der Waals surface area contributed by atoms with Crippen LogP contribution in [0, 0.1) is 5.92 Å². The largest absolute Gasteiger partial charge is 0.457 e. The van der Waals surface area contributed by atoms with Gasteiger partial charge in [-0.25, -0.2) is 0 Å². The van der Waals surface area contributed by atoms with Crippen molar-refractivity contribution in [1.82, 2.24) is 0 Å². The van der Waals surface area contributed by atoms with Gasteiger partial charge in [0.1, 0.15) is 17.6 Å². The summed E-state index contributed by atoms with van der Waals surface area (Å²) in [6.45, 7) is 4.43. The van der Waals surface area contributed by atoms with Crippen LogP contribution < -0.4 is 4.74 Å². The quantitative estimate of drug-likeness (QED) is 0.278. The fraction of sp³-hybridized carbons (Fsp3) is 0.500. The van der Waals surface area contributed by atoms with Crippen molar-refractivity contribution < 1.29 is 14.3 Å². The van der Waals surface area contributed by atoms with E-state index in [0.29, 0.717) is 0 Å². The summed E-state index contributed by atoms with van der Waals surface area (Å²) in [5.74, 6) is 1.53. The number of hydrogen-bond acceptors (Lipinski definition) is 3. The molecule has 3 rings (SSSR count). The van der Waals surface area contributed by atoms with Gasteiger partial charge in [-0.05, 0) is 43.0 Å². The highest BCUT2D eigenvalue weighted by atomic mass is 16.6. The maximum Gasteiger partial charge on any atom is 0.313 e. The van der Waals surface area contributed by atoms with Crippen molar-refractivity contribution in [2.75, 3.05) is 0 Å². The number of rotatable bonds is 12. The first-order chi connectivity index (χ1) is 14.2. The van der Waals surface area contributed by atoms with Crippen LogP contribution in [0.4, 0.5) is 0 Å². The van der Waals surface area contributed by atoms with Crippen molar-refractivity contribution in [1.29, 1.82) is 0 Å². The van der Waals surface area contributed by atoms with Gasteiger partial charge >= 0.3 is 5.97 Å². The lowest BCUT2D eigenvalue weighted by molar-refractivity contribution is -0.186. The molecule has 1 saturated heterocycles. The summed E-state index contributed by atoms with van der Waals surface area (Å²) >= 11 is 0. The number of para-hydroxylation sites is 1. The Hall–Kier alpha value is -2.29. The van der Waals surface area contributed by atoms with E-state index in [9.17, 15) is 4.79 Å². The number of esters is 1. The summed E-state index contributed by atoms with van der Waals surface area (Å²) in [7, 11) is 0. The first kappa shape index (κ1) is 21.4. The zero-order valence-corrected chi connectivity index (χ0v) is 17.9. The Balaban J connectivity index is 1.83. The topological polar surface area (TPSA) is 35.5 Å². The van der Waals surface area contributed by atoms with Crippen molar-refractivity contribution >= 4 is 5.97 Å². The second kappa shape index (κ2) is 11.0. The van der Waals surface area contributed by atoms with Gasteiger partial charge < -0.3 is 9.47 Å². The molecule has 3 heteroatoms. The van der Waals surface area contributed by atoms with Crippen molar-refractivity contribution in [2.24, 2.45) is 5.92 Å². The minimum absolute atomic E-state index is 0.0442. The number of ether oxygens (including phenoxy) is 2. The van der Waals surface area contributed by atoms with Gasteiger partial charge in [0.15, 0.2) is 0 Å². The lowest BCUT2D eigenvalue weighted by Crippen LogP contribution is -2.39. The van der Waals surface area contributed by atoms with E-state index < -0.39 is 0 Å². The molecule has 0 N–H and O–H groups in total. The average molecular weight is 395 g/mol. The van der Waals surface area contributed by atoms with Crippen molar-refractivity contribution in [3.05, 3.63) is 59.7 Å². The van der Waals surface area contributed by atoms with Gasteiger partial charge in [0.2, 0.25) is 0 Å². The van der Waals surface area contributed by atoms with E-state index in [1.165, 1.54) is 37.7 Å². The number of carbonyl (C=O) groups is 1. The molecule has 0 bridgehead atoms. The Labute approximate surface area is 175 Å². The van der Waals surface area contributed by atoms with Crippen LogP contribution in [0.1, 0.15) is 82.4 Å². The minimum atomic E-state index is -0.180.